The van der Waals surface area contributed by atoms with Crippen molar-refractivity contribution in [3.8, 4) is 0 Å². The third-order valence-corrected chi connectivity index (χ3v) is 9.32. The molecule has 26 heavy (non-hydrogen) atoms. The summed E-state index contributed by atoms with van der Waals surface area (Å²) >= 11 is 0. The van der Waals surface area contributed by atoms with Crippen molar-refractivity contribution in [3.05, 3.63) is 30.2 Å². The van der Waals surface area contributed by atoms with E-state index in [1.54, 1.807) is 25.4 Å². The molecule has 1 N–H and O–H groups in total. The molecule has 0 aliphatic heterocycles. The summed E-state index contributed by atoms with van der Waals surface area (Å²) in [4.78, 5) is 20.5. The number of hydrogen-bond donors (Lipinski definition) is 1. The normalized spacial score (nSPS) is 12.2. The Kier molecular flexibility index (Phi) is 6.36. The van der Waals surface area contributed by atoms with E-state index in [-0.39, 0.29) is 10.7 Å². The number of carbonyl (C=O) groups excluding carboxylic acids is 1. The molecule has 0 aliphatic carbocycles. The van der Waals surface area contributed by atoms with E-state index in [4.69, 9.17) is 9.16 Å². The Bertz CT molecular complexity index is 772. The van der Waals surface area contributed by atoms with Gasteiger partial charge in [-0.25, -0.2) is 9.78 Å². The summed E-state index contributed by atoms with van der Waals surface area (Å²) in [5.41, 5.74) is 1.77. The Hall–Kier alpha value is -1.99. The molecule has 0 saturated heterocycles. The fraction of sp³-hybridized carbons (Fsp3) is 0.526. The van der Waals surface area contributed by atoms with E-state index in [1.807, 2.05) is 6.07 Å². The standard InChI is InChI=1S/C19H29N3O3Si/c1-7-24-18(23)16-12-15(14-8-9-20-13-17(14)22-16)21-10-11-25-26(5,6)19(2,3)4/h8-9,12-13H,7,10-11H2,1-6H3,(H,21,22). The molecule has 2 aromatic rings. The number of hydrogen-bond acceptors (Lipinski definition) is 6. The lowest BCUT2D eigenvalue weighted by Gasteiger charge is -2.36. The number of fused-ring (bicyclic) bond motifs is 1. The first-order chi connectivity index (χ1) is 12.2. The van der Waals surface area contributed by atoms with Gasteiger partial charge in [0.25, 0.3) is 0 Å². The fourth-order valence-electron chi connectivity index (χ4n) is 2.24. The molecular weight excluding hydrogens is 346 g/mol. The molecule has 0 fully saturated rings. The highest BCUT2D eigenvalue weighted by atomic mass is 28.4. The van der Waals surface area contributed by atoms with Crippen molar-refractivity contribution >= 4 is 30.9 Å². The average molecular weight is 376 g/mol. The summed E-state index contributed by atoms with van der Waals surface area (Å²) in [6.07, 6.45) is 3.36. The Morgan fingerprint density at radius 3 is 2.69 bits per heavy atom. The summed E-state index contributed by atoms with van der Waals surface area (Å²) in [7, 11) is -1.77. The zero-order valence-electron chi connectivity index (χ0n) is 16.5. The van der Waals surface area contributed by atoms with Crippen LogP contribution in [0.15, 0.2) is 24.5 Å². The van der Waals surface area contributed by atoms with Gasteiger partial charge in [-0.1, -0.05) is 20.8 Å². The minimum Gasteiger partial charge on any atom is -0.461 e. The van der Waals surface area contributed by atoms with Crippen LogP contribution in [0.5, 0.6) is 0 Å². The summed E-state index contributed by atoms with van der Waals surface area (Å²) < 4.78 is 11.3. The number of carbonyl (C=O) groups is 1. The summed E-state index contributed by atoms with van der Waals surface area (Å²) in [5, 5.41) is 4.47. The van der Waals surface area contributed by atoms with Crippen LogP contribution in [-0.4, -0.2) is 44.0 Å². The van der Waals surface area contributed by atoms with Gasteiger partial charge in [0.1, 0.15) is 0 Å². The van der Waals surface area contributed by atoms with Crippen molar-refractivity contribution in [2.24, 2.45) is 0 Å². The quantitative estimate of drug-likeness (QED) is 0.443. The predicted molar refractivity (Wildman–Crippen MR) is 107 cm³/mol. The van der Waals surface area contributed by atoms with Crippen LogP contribution >= 0.6 is 0 Å². The number of ether oxygens (including phenoxy) is 1. The topological polar surface area (TPSA) is 73.3 Å². The number of rotatable bonds is 7. The number of pyridine rings is 2. The highest BCUT2D eigenvalue weighted by Crippen LogP contribution is 2.36. The van der Waals surface area contributed by atoms with E-state index >= 15 is 0 Å². The molecule has 7 heteroatoms. The van der Waals surface area contributed by atoms with E-state index in [1.165, 1.54) is 0 Å². The molecule has 0 atom stereocenters. The van der Waals surface area contributed by atoms with Crippen LogP contribution in [0.25, 0.3) is 10.9 Å². The SMILES string of the molecule is CCOC(=O)c1cc(NCCO[Si](C)(C)C(C)(C)C)c2ccncc2n1. The van der Waals surface area contributed by atoms with Crippen molar-refractivity contribution in [3.63, 3.8) is 0 Å². The van der Waals surface area contributed by atoms with Crippen LogP contribution in [0.3, 0.4) is 0 Å². The molecule has 0 saturated carbocycles. The van der Waals surface area contributed by atoms with E-state index < -0.39 is 14.3 Å². The van der Waals surface area contributed by atoms with Gasteiger partial charge in [-0.3, -0.25) is 4.98 Å². The lowest BCUT2D eigenvalue weighted by Crippen LogP contribution is -2.41. The van der Waals surface area contributed by atoms with Crippen molar-refractivity contribution in [1.82, 2.24) is 9.97 Å². The highest BCUT2D eigenvalue weighted by Gasteiger charge is 2.36. The molecule has 2 rings (SSSR count). The second-order valence-corrected chi connectivity index (χ2v) is 12.5. The molecule has 0 amide bonds. The van der Waals surface area contributed by atoms with E-state index in [9.17, 15) is 4.79 Å². The van der Waals surface area contributed by atoms with Gasteiger partial charge in [-0.05, 0) is 37.2 Å². The molecule has 2 aromatic heterocycles. The molecule has 0 aliphatic rings. The Morgan fingerprint density at radius 1 is 1.31 bits per heavy atom. The second kappa shape index (κ2) is 8.14. The van der Waals surface area contributed by atoms with Crippen molar-refractivity contribution in [2.75, 3.05) is 25.1 Å². The van der Waals surface area contributed by atoms with Gasteiger partial charge in [0.15, 0.2) is 14.0 Å². The lowest BCUT2D eigenvalue weighted by molar-refractivity contribution is 0.0520. The Labute approximate surface area is 156 Å². The van der Waals surface area contributed by atoms with Crippen LogP contribution in [0, 0.1) is 0 Å². The highest BCUT2D eigenvalue weighted by molar-refractivity contribution is 6.74. The monoisotopic (exact) mass is 375 g/mol. The molecule has 0 aromatic carbocycles. The van der Waals surface area contributed by atoms with Crippen LogP contribution in [-0.2, 0) is 9.16 Å². The van der Waals surface area contributed by atoms with E-state index in [0.29, 0.717) is 25.3 Å². The maximum Gasteiger partial charge on any atom is 0.357 e. The van der Waals surface area contributed by atoms with Gasteiger partial charge in [0, 0.05) is 23.8 Å². The molecule has 2 heterocycles. The maximum atomic E-state index is 12.1. The number of aromatic nitrogens is 2. The summed E-state index contributed by atoms with van der Waals surface area (Å²) in [6.45, 7) is 14.5. The Balaban J connectivity index is 2.14. The predicted octanol–water partition coefficient (Wildman–Crippen LogP) is 4.24. The third-order valence-electron chi connectivity index (χ3n) is 4.78. The largest absolute Gasteiger partial charge is 0.461 e. The molecule has 0 radical (unpaired) electrons. The molecule has 142 valence electrons. The molecule has 0 spiro atoms. The number of esters is 1. The van der Waals surface area contributed by atoms with Gasteiger partial charge in [0.2, 0.25) is 0 Å². The van der Waals surface area contributed by atoms with Crippen LogP contribution in [0.2, 0.25) is 18.1 Å². The number of anilines is 1. The molecule has 0 bridgehead atoms. The van der Waals surface area contributed by atoms with Gasteiger partial charge < -0.3 is 14.5 Å². The van der Waals surface area contributed by atoms with Gasteiger partial charge >= 0.3 is 5.97 Å². The summed E-state index contributed by atoms with van der Waals surface area (Å²) in [6, 6.07) is 3.61. The lowest BCUT2D eigenvalue weighted by atomic mass is 10.2. The van der Waals surface area contributed by atoms with Crippen LogP contribution in [0.4, 0.5) is 5.69 Å². The van der Waals surface area contributed by atoms with Crippen LogP contribution < -0.4 is 5.32 Å². The first kappa shape index (κ1) is 20.3. The minimum absolute atomic E-state index is 0.180. The van der Waals surface area contributed by atoms with E-state index in [2.05, 4.69) is 49.1 Å². The molecule has 0 unspecified atom stereocenters. The summed E-state index contributed by atoms with van der Waals surface area (Å²) in [5.74, 6) is -0.432. The second-order valence-electron chi connectivity index (χ2n) is 7.70. The van der Waals surface area contributed by atoms with Gasteiger partial charge in [-0.15, -0.1) is 0 Å². The van der Waals surface area contributed by atoms with Crippen molar-refractivity contribution in [1.29, 1.82) is 0 Å². The smallest absolute Gasteiger partial charge is 0.357 e. The van der Waals surface area contributed by atoms with Crippen LogP contribution in [0.1, 0.15) is 38.2 Å². The first-order valence-corrected chi connectivity index (χ1v) is 11.9. The molecular formula is C19H29N3O3Si. The van der Waals surface area contributed by atoms with Crippen molar-refractivity contribution < 1.29 is 14.0 Å². The number of nitrogens with one attached hydrogen (secondary N) is 1. The van der Waals surface area contributed by atoms with E-state index in [0.717, 1.165) is 11.1 Å². The average Bonchev–Trinajstić information content (AvgIpc) is 2.57. The van der Waals surface area contributed by atoms with Gasteiger partial charge in [0.05, 0.1) is 24.9 Å². The number of nitrogens with zero attached hydrogens (tertiary/aromatic N) is 2. The minimum atomic E-state index is -1.77. The zero-order chi connectivity index (χ0) is 19.4. The third kappa shape index (κ3) is 4.79. The Morgan fingerprint density at radius 2 is 2.04 bits per heavy atom. The molecule has 6 nitrogen and oxygen atoms in total. The zero-order valence-corrected chi connectivity index (χ0v) is 17.5. The van der Waals surface area contributed by atoms with Crippen molar-refractivity contribution in [2.45, 2.75) is 45.8 Å². The maximum absolute atomic E-state index is 12.1. The first-order valence-electron chi connectivity index (χ1n) is 8.95. The van der Waals surface area contributed by atoms with Gasteiger partial charge in [-0.2, -0.15) is 0 Å². The fourth-order valence-corrected chi connectivity index (χ4v) is 3.29.